The topological polar surface area (TPSA) is 60.7 Å². The molecule has 2 aromatic carbocycles. The maximum absolute atomic E-state index is 13.2. The van der Waals surface area contributed by atoms with Gasteiger partial charge in [-0.2, -0.15) is 0 Å². The highest BCUT2D eigenvalue weighted by Gasteiger charge is 2.18. The molecule has 5 heteroatoms. The van der Waals surface area contributed by atoms with Crippen molar-refractivity contribution in [3.05, 3.63) is 64.4 Å². The third-order valence-corrected chi connectivity index (χ3v) is 5.40. The van der Waals surface area contributed by atoms with Crippen LogP contribution in [0.25, 0.3) is 10.9 Å². The Bertz CT molecular complexity index is 1030. The van der Waals surface area contributed by atoms with Gasteiger partial charge in [0.2, 0.25) is 5.75 Å². The first-order valence-electron chi connectivity index (χ1n) is 11.3. The lowest BCUT2D eigenvalue weighted by molar-refractivity contribution is 0.283. The first-order chi connectivity index (χ1) is 15.2. The van der Waals surface area contributed by atoms with E-state index >= 15 is 0 Å². The fourth-order valence-electron chi connectivity index (χ4n) is 3.60. The number of hydrogen-bond acceptors (Lipinski definition) is 4. The number of aromatic hydroxyl groups is 1. The average Bonchev–Trinajstić information content (AvgIpc) is 2.79. The fraction of sp³-hybridized carbons (Fsp3) is 0.423. The van der Waals surface area contributed by atoms with Crippen LogP contribution in [-0.2, 0) is 13.2 Å². The van der Waals surface area contributed by atoms with Gasteiger partial charge in [0.1, 0.15) is 12.4 Å². The molecule has 166 valence electrons. The minimum absolute atomic E-state index is 0.000639. The molecule has 0 saturated carbocycles. The fourth-order valence-corrected chi connectivity index (χ4v) is 3.60. The number of hydrogen-bond donors (Lipinski definition) is 1. The van der Waals surface area contributed by atoms with Gasteiger partial charge in [0.05, 0.1) is 12.1 Å². The molecule has 0 amide bonds. The third-order valence-electron chi connectivity index (χ3n) is 5.40. The zero-order valence-electron chi connectivity index (χ0n) is 18.6. The van der Waals surface area contributed by atoms with Gasteiger partial charge in [-0.1, -0.05) is 69.9 Å². The van der Waals surface area contributed by atoms with Crippen LogP contribution in [0.1, 0.15) is 57.9 Å². The van der Waals surface area contributed by atoms with E-state index in [9.17, 15) is 9.90 Å². The molecular weight excluding hydrogens is 390 g/mol. The van der Waals surface area contributed by atoms with Gasteiger partial charge in [0.15, 0.2) is 5.75 Å². The predicted molar refractivity (Wildman–Crippen MR) is 125 cm³/mol. The van der Waals surface area contributed by atoms with Crippen LogP contribution in [0.2, 0.25) is 0 Å². The van der Waals surface area contributed by atoms with Gasteiger partial charge >= 0.3 is 0 Å². The van der Waals surface area contributed by atoms with Crippen LogP contribution in [0.5, 0.6) is 17.2 Å². The van der Waals surface area contributed by atoms with E-state index in [-0.39, 0.29) is 23.7 Å². The third kappa shape index (κ3) is 5.81. The first-order valence-corrected chi connectivity index (χ1v) is 11.3. The summed E-state index contributed by atoms with van der Waals surface area (Å²) in [7, 11) is 0. The van der Waals surface area contributed by atoms with Crippen LogP contribution in [0.4, 0.5) is 0 Å². The van der Waals surface area contributed by atoms with Crippen molar-refractivity contribution in [1.29, 1.82) is 0 Å². The van der Waals surface area contributed by atoms with Crippen molar-refractivity contribution in [3.8, 4) is 17.2 Å². The van der Waals surface area contributed by atoms with Crippen LogP contribution in [-0.4, -0.2) is 16.3 Å². The Morgan fingerprint density at radius 1 is 0.903 bits per heavy atom. The molecule has 5 nitrogen and oxygen atoms in total. The molecule has 3 rings (SSSR count). The van der Waals surface area contributed by atoms with E-state index in [1.165, 1.54) is 12.8 Å². The number of nitrogens with zero attached hydrogens (tertiary/aromatic N) is 1. The number of rotatable bonds is 12. The summed E-state index contributed by atoms with van der Waals surface area (Å²) >= 11 is 0. The maximum Gasteiger partial charge on any atom is 0.297 e. The van der Waals surface area contributed by atoms with E-state index < -0.39 is 0 Å². The van der Waals surface area contributed by atoms with Gasteiger partial charge in [-0.3, -0.25) is 4.79 Å². The Morgan fingerprint density at radius 2 is 1.68 bits per heavy atom. The van der Waals surface area contributed by atoms with Crippen molar-refractivity contribution in [3.63, 3.8) is 0 Å². The van der Waals surface area contributed by atoms with E-state index in [1.807, 2.05) is 48.5 Å². The van der Waals surface area contributed by atoms with Gasteiger partial charge in [-0.25, -0.2) is 0 Å². The van der Waals surface area contributed by atoms with E-state index in [0.717, 1.165) is 31.2 Å². The second kappa shape index (κ2) is 11.4. The highest BCUT2D eigenvalue weighted by Crippen LogP contribution is 2.34. The van der Waals surface area contributed by atoms with Crippen LogP contribution in [0.3, 0.4) is 0 Å². The quantitative estimate of drug-likeness (QED) is 0.361. The molecule has 31 heavy (non-hydrogen) atoms. The largest absolute Gasteiger partial charge is 0.504 e. The van der Waals surface area contributed by atoms with Crippen molar-refractivity contribution in [1.82, 2.24) is 4.57 Å². The number of unbranched alkanes of at least 4 members (excludes halogenated alkanes) is 4. The molecule has 3 aromatic rings. The number of aromatic nitrogens is 1. The molecule has 0 fully saturated rings. The van der Waals surface area contributed by atoms with Crippen LogP contribution in [0, 0.1) is 0 Å². The summed E-state index contributed by atoms with van der Waals surface area (Å²) in [4.78, 5) is 13.2. The van der Waals surface area contributed by atoms with Gasteiger partial charge in [-0.05, 0) is 30.5 Å². The molecule has 1 aromatic heterocycles. The molecule has 0 aliphatic rings. The van der Waals surface area contributed by atoms with Crippen LogP contribution in [0.15, 0.2) is 53.3 Å². The van der Waals surface area contributed by atoms with E-state index in [0.29, 0.717) is 29.8 Å². The van der Waals surface area contributed by atoms with Crippen molar-refractivity contribution in [2.75, 3.05) is 6.61 Å². The molecule has 0 saturated heterocycles. The molecule has 0 aliphatic carbocycles. The van der Waals surface area contributed by atoms with Crippen molar-refractivity contribution < 1.29 is 14.6 Å². The molecule has 1 heterocycles. The summed E-state index contributed by atoms with van der Waals surface area (Å²) < 4.78 is 13.4. The van der Waals surface area contributed by atoms with Crippen molar-refractivity contribution in [2.45, 2.75) is 65.5 Å². The molecular formula is C26H33NO4. The number of pyridine rings is 1. The average molecular weight is 424 g/mol. The minimum atomic E-state index is -0.311. The summed E-state index contributed by atoms with van der Waals surface area (Å²) in [5.74, 6) is 0.602. The lowest BCUT2D eigenvalue weighted by Crippen LogP contribution is -2.23. The molecule has 0 aliphatic heterocycles. The zero-order chi connectivity index (χ0) is 22.1. The molecule has 0 spiro atoms. The first kappa shape index (κ1) is 22.7. The summed E-state index contributed by atoms with van der Waals surface area (Å²) in [6.07, 6.45) is 6.37. The Morgan fingerprint density at radius 3 is 2.42 bits per heavy atom. The zero-order valence-corrected chi connectivity index (χ0v) is 18.6. The van der Waals surface area contributed by atoms with Crippen LogP contribution >= 0.6 is 0 Å². The Labute approximate surface area is 184 Å². The van der Waals surface area contributed by atoms with E-state index in [1.54, 1.807) is 4.57 Å². The van der Waals surface area contributed by atoms with Crippen molar-refractivity contribution >= 4 is 10.9 Å². The van der Waals surface area contributed by atoms with E-state index in [2.05, 4.69) is 13.8 Å². The highest BCUT2D eigenvalue weighted by atomic mass is 16.5. The van der Waals surface area contributed by atoms with Crippen molar-refractivity contribution in [2.24, 2.45) is 0 Å². The van der Waals surface area contributed by atoms with E-state index in [4.69, 9.17) is 9.47 Å². The molecule has 0 atom stereocenters. The second-order valence-corrected chi connectivity index (χ2v) is 7.85. The van der Waals surface area contributed by atoms with Gasteiger partial charge in [0, 0.05) is 18.0 Å². The predicted octanol–water partition coefficient (Wildman–Crippen LogP) is 6.05. The van der Waals surface area contributed by atoms with Gasteiger partial charge in [0.25, 0.3) is 5.56 Å². The lowest BCUT2D eigenvalue weighted by atomic mass is 10.1. The SMILES string of the molecule is CCCCCCOc1ccc2c(O)c(OCc3ccccc3)c(=O)n(CCCC)c2c1. The molecule has 0 radical (unpaired) electrons. The second-order valence-electron chi connectivity index (χ2n) is 7.85. The maximum atomic E-state index is 13.2. The smallest absolute Gasteiger partial charge is 0.297 e. The van der Waals surface area contributed by atoms with Gasteiger partial charge < -0.3 is 19.1 Å². The van der Waals surface area contributed by atoms with Gasteiger partial charge in [-0.15, -0.1) is 0 Å². The monoisotopic (exact) mass is 423 g/mol. The van der Waals surface area contributed by atoms with Crippen LogP contribution < -0.4 is 15.0 Å². The summed E-state index contributed by atoms with van der Waals surface area (Å²) in [5, 5.41) is 11.4. The normalized spacial score (nSPS) is 11.0. The number of ether oxygens (including phenoxy) is 2. The summed E-state index contributed by atoms with van der Waals surface area (Å²) in [6.45, 7) is 5.71. The Kier molecular flexibility index (Phi) is 8.39. The highest BCUT2D eigenvalue weighted by molar-refractivity contribution is 5.88. The summed E-state index contributed by atoms with van der Waals surface area (Å²) in [6, 6.07) is 15.1. The lowest BCUT2D eigenvalue weighted by Gasteiger charge is -2.16. The molecule has 0 unspecified atom stereocenters. The minimum Gasteiger partial charge on any atom is -0.504 e. The summed E-state index contributed by atoms with van der Waals surface area (Å²) in [5.41, 5.74) is 1.30. The Hall–Kier alpha value is -2.95. The number of benzene rings is 2. The number of fused-ring (bicyclic) bond motifs is 1. The molecule has 0 bridgehead atoms. The standard InChI is InChI=1S/C26H33NO4/c1-3-5-7-11-17-30-21-14-15-22-23(18-21)27(16-6-4-2)26(29)25(24(22)28)31-19-20-12-9-8-10-13-20/h8-10,12-15,18,28H,3-7,11,16-17,19H2,1-2H3. The molecule has 1 N–H and O–H groups in total. The number of aryl methyl sites for hydroxylation is 1. The Balaban J connectivity index is 1.91.